The number of aliphatic carboxylic acids is 1. The van der Waals surface area contributed by atoms with Crippen LogP contribution in [0.1, 0.15) is 64.4 Å². The van der Waals surface area contributed by atoms with Crippen molar-refractivity contribution in [1.82, 2.24) is 5.32 Å². The molecule has 31 heavy (non-hydrogen) atoms. The molecule has 0 atom stereocenters. The summed E-state index contributed by atoms with van der Waals surface area (Å²) in [4.78, 5) is 14.7. The van der Waals surface area contributed by atoms with Crippen LogP contribution in [0, 0.1) is 5.92 Å². The number of hydrogen-bond donors (Lipinski definition) is 3. The smallest absolute Gasteiger partial charge is 0.314 e. The van der Waals surface area contributed by atoms with E-state index in [0.29, 0.717) is 18.0 Å². The molecular formula is C25H39N3O3. The van der Waals surface area contributed by atoms with E-state index >= 15 is 0 Å². The molecule has 1 saturated carbocycles. The van der Waals surface area contributed by atoms with E-state index in [2.05, 4.69) is 47.6 Å². The number of benzene rings is 1. The zero-order valence-electron chi connectivity index (χ0n) is 19.2. The summed E-state index contributed by atoms with van der Waals surface area (Å²) < 4.78 is 5.64. The zero-order chi connectivity index (χ0) is 21.8. The number of hydrogen-bond acceptors (Lipinski definition) is 5. The van der Waals surface area contributed by atoms with Gasteiger partial charge in [-0.25, -0.2) is 0 Å². The van der Waals surface area contributed by atoms with Gasteiger partial charge in [-0.3, -0.25) is 4.79 Å². The van der Waals surface area contributed by atoms with Crippen LogP contribution in [0.4, 0.5) is 11.4 Å². The van der Waals surface area contributed by atoms with Crippen molar-refractivity contribution in [2.75, 3.05) is 43.1 Å². The molecule has 1 aromatic rings. The molecule has 0 aromatic heterocycles. The largest absolute Gasteiger partial charge is 0.481 e. The number of rotatable bonds is 8. The van der Waals surface area contributed by atoms with E-state index in [9.17, 15) is 9.90 Å². The number of nitrogens with one attached hydrogen (secondary N) is 2. The third-order valence-electron chi connectivity index (χ3n) is 7.37. The van der Waals surface area contributed by atoms with Gasteiger partial charge < -0.3 is 25.4 Å². The Morgan fingerprint density at radius 1 is 1.23 bits per heavy atom. The monoisotopic (exact) mass is 429 g/mol. The molecule has 1 aliphatic carbocycles. The first-order valence-corrected chi connectivity index (χ1v) is 12.2. The van der Waals surface area contributed by atoms with E-state index in [1.807, 2.05) is 0 Å². The van der Waals surface area contributed by atoms with Gasteiger partial charge in [0.25, 0.3) is 0 Å². The Labute approximate surface area is 186 Å². The third-order valence-corrected chi connectivity index (χ3v) is 7.37. The maximum atomic E-state index is 12.2. The molecule has 0 spiro atoms. The van der Waals surface area contributed by atoms with Gasteiger partial charge in [0.1, 0.15) is 0 Å². The van der Waals surface area contributed by atoms with Crippen molar-refractivity contribution in [2.24, 2.45) is 5.92 Å². The number of nitrogens with zero attached hydrogens (tertiary/aromatic N) is 1. The second-order valence-corrected chi connectivity index (χ2v) is 10.0. The van der Waals surface area contributed by atoms with Gasteiger partial charge in [-0.15, -0.1) is 0 Å². The van der Waals surface area contributed by atoms with Gasteiger partial charge in [-0.05, 0) is 75.2 Å². The maximum Gasteiger partial charge on any atom is 0.314 e. The Morgan fingerprint density at radius 3 is 2.52 bits per heavy atom. The lowest BCUT2D eigenvalue weighted by molar-refractivity contribution is -0.147. The summed E-state index contributed by atoms with van der Waals surface area (Å²) in [6, 6.07) is 7.33. The number of carbonyl (C=O) groups is 1. The van der Waals surface area contributed by atoms with Gasteiger partial charge in [0.15, 0.2) is 0 Å². The van der Waals surface area contributed by atoms with Crippen LogP contribution in [-0.4, -0.2) is 56.0 Å². The first kappa shape index (κ1) is 22.4. The predicted molar refractivity (Wildman–Crippen MR) is 125 cm³/mol. The van der Waals surface area contributed by atoms with Crippen molar-refractivity contribution in [3.05, 3.63) is 23.8 Å². The minimum absolute atomic E-state index is 0.424. The Balaban J connectivity index is 1.70. The molecule has 3 fully saturated rings. The summed E-state index contributed by atoms with van der Waals surface area (Å²) in [6.07, 6.45) is 6.74. The summed E-state index contributed by atoms with van der Waals surface area (Å²) in [5.41, 5.74) is 2.60. The Morgan fingerprint density at radius 2 is 1.94 bits per heavy atom. The second kappa shape index (κ2) is 9.78. The van der Waals surface area contributed by atoms with Gasteiger partial charge in [-0.1, -0.05) is 26.3 Å². The lowest BCUT2D eigenvalue weighted by Gasteiger charge is -2.41. The number of piperidine rings is 1. The molecule has 6 heteroatoms. The molecule has 1 aromatic carbocycles. The van der Waals surface area contributed by atoms with Crippen LogP contribution >= 0.6 is 0 Å². The maximum absolute atomic E-state index is 12.2. The van der Waals surface area contributed by atoms with Crippen molar-refractivity contribution in [3.63, 3.8) is 0 Å². The van der Waals surface area contributed by atoms with E-state index in [1.165, 1.54) is 5.69 Å². The number of ether oxygens (including phenoxy) is 1. The number of carboxylic acid groups (broad SMARTS) is 1. The molecule has 172 valence electrons. The summed E-state index contributed by atoms with van der Waals surface area (Å²) in [6.45, 7) is 9.23. The van der Waals surface area contributed by atoms with E-state index in [0.717, 1.165) is 89.0 Å². The van der Waals surface area contributed by atoms with Gasteiger partial charge in [0, 0.05) is 31.8 Å². The highest BCUT2D eigenvalue weighted by molar-refractivity contribution is 5.84. The SMILES string of the molecule is CC(C)CN(c1ccc(C2(C(=O)O)CCC2)cc1NC1CCNCC1)C1CCOCC1. The van der Waals surface area contributed by atoms with E-state index < -0.39 is 11.4 Å². The minimum atomic E-state index is -0.704. The Hall–Kier alpha value is -1.79. The van der Waals surface area contributed by atoms with Crippen LogP contribution in [0.25, 0.3) is 0 Å². The van der Waals surface area contributed by atoms with Gasteiger partial charge in [0.05, 0.1) is 16.8 Å². The first-order chi connectivity index (χ1) is 15.0. The van der Waals surface area contributed by atoms with Crippen LogP contribution in [0.15, 0.2) is 18.2 Å². The lowest BCUT2D eigenvalue weighted by atomic mass is 9.64. The molecule has 2 aliphatic heterocycles. The summed E-state index contributed by atoms with van der Waals surface area (Å²) in [7, 11) is 0. The Bertz CT molecular complexity index is 750. The summed E-state index contributed by atoms with van der Waals surface area (Å²) in [5.74, 6) is -0.131. The van der Waals surface area contributed by atoms with Crippen molar-refractivity contribution in [2.45, 2.75) is 76.3 Å². The molecule has 0 radical (unpaired) electrons. The van der Waals surface area contributed by atoms with Crippen molar-refractivity contribution >= 4 is 17.3 Å². The van der Waals surface area contributed by atoms with Crippen LogP contribution in [0.5, 0.6) is 0 Å². The molecule has 0 unspecified atom stereocenters. The molecule has 3 N–H and O–H groups in total. The predicted octanol–water partition coefficient (Wildman–Crippen LogP) is 4.00. The lowest BCUT2D eigenvalue weighted by Crippen LogP contribution is -2.44. The third kappa shape index (κ3) is 4.85. The first-order valence-electron chi connectivity index (χ1n) is 12.2. The highest BCUT2D eigenvalue weighted by atomic mass is 16.5. The number of carboxylic acids is 1. The fraction of sp³-hybridized carbons (Fsp3) is 0.720. The van der Waals surface area contributed by atoms with E-state index in [-0.39, 0.29) is 0 Å². The topological polar surface area (TPSA) is 73.8 Å². The van der Waals surface area contributed by atoms with Crippen LogP contribution in [-0.2, 0) is 14.9 Å². The normalized spacial score (nSPS) is 22.2. The quantitative estimate of drug-likeness (QED) is 0.580. The van der Waals surface area contributed by atoms with E-state index in [1.54, 1.807) is 0 Å². The molecule has 6 nitrogen and oxygen atoms in total. The highest BCUT2D eigenvalue weighted by Crippen LogP contribution is 2.46. The van der Waals surface area contributed by atoms with Crippen LogP contribution in [0.2, 0.25) is 0 Å². The minimum Gasteiger partial charge on any atom is -0.481 e. The molecule has 0 amide bonds. The van der Waals surface area contributed by atoms with Crippen LogP contribution < -0.4 is 15.5 Å². The highest BCUT2D eigenvalue weighted by Gasteiger charge is 2.46. The van der Waals surface area contributed by atoms with Crippen molar-refractivity contribution < 1.29 is 14.6 Å². The van der Waals surface area contributed by atoms with Crippen molar-refractivity contribution in [3.8, 4) is 0 Å². The van der Waals surface area contributed by atoms with E-state index in [4.69, 9.17) is 4.74 Å². The molecule has 4 rings (SSSR count). The molecule has 2 heterocycles. The Kier molecular flexibility index (Phi) is 7.07. The average Bonchev–Trinajstić information content (AvgIpc) is 2.73. The molecule has 2 saturated heterocycles. The zero-order valence-corrected chi connectivity index (χ0v) is 19.2. The molecular weight excluding hydrogens is 390 g/mol. The van der Waals surface area contributed by atoms with Gasteiger partial charge in [0.2, 0.25) is 0 Å². The van der Waals surface area contributed by atoms with Crippen LogP contribution in [0.3, 0.4) is 0 Å². The standard InChI is InChI=1S/C25H39N3O3/c1-18(2)17-28(21-8-14-31-15-9-21)23-5-4-19(25(24(29)30)10-3-11-25)16-22(23)27-20-6-12-26-13-7-20/h4-5,16,18,20-21,26-27H,3,6-15,17H2,1-2H3,(H,29,30). The second-order valence-electron chi connectivity index (χ2n) is 10.0. The van der Waals surface area contributed by atoms with Crippen molar-refractivity contribution in [1.29, 1.82) is 0 Å². The van der Waals surface area contributed by atoms with Gasteiger partial charge >= 0.3 is 5.97 Å². The average molecular weight is 430 g/mol. The summed E-state index contributed by atoms with van der Waals surface area (Å²) in [5, 5.41) is 17.3. The number of anilines is 2. The molecule has 0 bridgehead atoms. The van der Waals surface area contributed by atoms with Gasteiger partial charge in [-0.2, -0.15) is 0 Å². The fourth-order valence-corrected chi connectivity index (χ4v) is 5.38. The fourth-order valence-electron chi connectivity index (χ4n) is 5.38. The molecule has 3 aliphatic rings. The summed E-state index contributed by atoms with van der Waals surface area (Å²) >= 11 is 0.